The molecule has 0 unspecified atom stereocenters. The van der Waals surface area contributed by atoms with Gasteiger partial charge in [0.05, 0.1) is 12.0 Å². The molecule has 0 aliphatic heterocycles. The Kier molecular flexibility index (Phi) is 6.98. The van der Waals surface area contributed by atoms with Crippen LogP contribution in [0.1, 0.15) is 5.56 Å². The molecule has 3 rings (SSSR count). The van der Waals surface area contributed by atoms with Gasteiger partial charge in [0.2, 0.25) is 16.2 Å². The van der Waals surface area contributed by atoms with Gasteiger partial charge in [-0.05, 0) is 24.1 Å². The number of nitro groups is 1. The molecular formula is C16H19N5O6S. The van der Waals surface area contributed by atoms with Crippen LogP contribution in [-0.4, -0.2) is 41.2 Å². The first-order valence-electron chi connectivity index (χ1n) is 8.02. The van der Waals surface area contributed by atoms with Crippen molar-refractivity contribution < 1.29 is 26.6 Å². The van der Waals surface area contributed by atoms with Crippen molar-refractivity contribution >= 4 is 27.4 Å². The van der Waals surface area contributed by atoms with E-state index in [-0.39, 0.29) is 5.69 Å². The molecule has 0 atom stereocenters. The lowest BCUT2D eigenvalue weighted by atomic mass is 10.2. The van der Waals surface area contributed by atoms with Gasteiger partial charge in [0.1, 0.15) is 12.6 Å². The van der Waals surface area contributed by atoms with Gasteiger partial charge in [-0.15, -0.1) is 5.10 Å². The molecule has 0 saturated carbocycles. The Labute approximate surface area is 161 Å². The van der Waals surface area contributed by atoms with E-state index in [9.17, 15) is 23.1 Å². The highest BCUT2D eigenvalue weighted by molar-refractivity contribution is 7.80. The largest absolute Gasteiger partial charge is 0.726 e. The number of aryl methyl sites for hydroxylation is 1. The zero-order chi connectivity index (χ0) is 20.7. The fourth-order valence-corrected chi connectivity index (χ4v) is 2.31. The Morgan fingerprint density at radius 1 is 1.29 bits per heavy atom. The minimum atomic E-state index is -4.41. The SMILES string of the molecule is COS(=O)(=O)[O-].C[n+]1ccc(CCNc2nn3ccccc3c2[N+](=O)[O-])cc1. The molecule has 0 aliphatic carbocycles. The second-order valence-corrected chi connectivity index (χ2v) is 6.76. The molecular weight excluding hydrogens is 390 g/mol. The number of fused-ring (bicyclic) bond motifs is 1. The number of rotatable bonds is 6. The van der Waals surface area contributed by atoms with Crippen LogP contribution in [0.2, 0.25) is 0 Å². The number of anilines is 1. The van der Waals surface area contributed by atoms with Crippen LogP contribution in [0.15, 0.2) is 48.9 Å². The van der Waals surface area contributed by atoms with Crippen LogP contribution in [-0.2, 0) is 28.1 Å². The molecule has 0 fully saturated rings. The van der Waals surface area contributed by atoms with Gasteiger partial charge in [-0.1, -0.05) is 6.07 Å². The molecule has 11 nitrogen and oxygen atoms in total. The third-order valence-electron chi connectivity index (χ3n) is 3.65. The maximum Gasteiger partial charge on any atom is 0.338 e. The second kappa shape index (κ2) is 9.21. The lowest BCUT2D eigenvalue weighted by Crippen LogP contribution is -2.26. The highest BCUT2D eigenvalue weighted by atomic mass is 32.3. The number of hydrogen-bond donors (Lipinski definition) is 1. The first-order valence-corrected chi connectivity index (χ1v) is 9.36. The van der Waals surface area contributed by atoms with Crippen molar-refractivity contribution in [2.24, 2.45) is 7.05 Å². The zero-order valence-electron chi connectivity index (χ0n) is 15.2. The van der Waals surface area contributed by atoms with Crippen LogP contribution in [0.4, 0.5) is 11.5 Å². The summed E-state index contributed by atoms with van der Waals surface area (Å²) in [7, 11) is -1.64. The van der Waals surface area contributed by atoms with E-state index in [1.54, 1.807) is 24.4 Å². The minimum Gasteiger partial charge on any atom is -0.726 e. The monoisotopic (exact) mass is 409 g/mol. The van der Waals surface area contributed by atoms with Gasteiger partial charge in [-0.3, -0.25) is 14.3 Å². The molecule has 12 heteroatoms. The second-order valence-electron chi connectivity index (χ2n) is 5.61. The van der Waals surface area contributed by atoms with Gasteiger partial charge in [-0.25, -0.2) is 17.5 Å². The standard InChI is InChI=1S/C15H16N5O2.CH4O4S/c1-18-10-6-12(7-11-18)5-8-16-15-14(20(21)22)13-4-2-3-9-19(13)17-15;1-5-6(2,3)4/h2-4,6-7,9-11H,5,8H2,1H3,(H,16,17);1H3,(H,2,3,4)/q+1;/p-1. The van der Waals surface area contributed by atoms with Crippen molar-refractivity contribution in [1.82, 2.24) is 9.61 Å². The van der Waals surface area contributed by atoms with Crippen molar-refractivity contribution in [3.8, 4) is 0 Å². The normalized spacial score (nSPS) is 11.0. The van der Waals surface area contributed by atoms with Crippen LogP contribution in [0.5, 0.6) is 0 Å². The molecule has 0 saturated heterocycles. The zero-order valence-corrected chi connectivity index (χ0v) is 16.0. The van der Waals surface area contributed by atoms with E-state index in [0.29, 0.717) is 17.9 Å². The van der Waals surface area contributed by atoms with Crippen LogP contribution < -0.4 is 9.88 Å². The first-order chi connectivity index (χ1) is 13.2. The van der Waals surface area contributed by atoms with Gasteiger partial charge in [0, 0.05) is 24.9 Å². The Morgan fingerprint density at radius 2 is 1.93 bits per heavy atom. The Balaban J connectivity index is 0.000000409. The van der Waals surface area contributed by atoms with Gasteiger partial charge in [0.25, 0.3) is 0 Å². The molecule has 3 aromatic heterocycles. The Morgan fingerprint density at radius 3 is 2.50 bits per heavy atom. The van der Waals surface area contributed by atoms with E-state index in [0.717, 1.165) is 19.1 Å². The summed E-state index contributed by atoms with van der Waals surface area (Å²) >= 11 is 0. The lowest BCUT2D eigenvalue weighted by molar-refractivity contribution is -0.671. The fraction of sp³-hybridized carbons (Fsp3) is 0.250. The Hall–Kier alpha value is -3.09. The van der Waals surface area contributed by atoms with Crippen molar-refractivity contribution in [3.63, 3.8) is 0 Å². The number of pyridine rings is 2. The predicted octanol–water partition coefficient (Wildman–Crippen LogP) is 0.815. The molecule has 0 amide bonds. The molecule has 1 N–H and O–H groups in total. The summed E-state index contributed by atoms with van der Waals surface area (Å²) in [5.74, 6) is 0.303. The van der Waals surface area contributed by atoms with Gasteiger partial charge >= 0.3 is 5.69 Å². The summed E-state index contributed by atoms with van der Waals surface area (Å²) < 4.78 is 34.5. The number of aromatic nitrogens is 3. The number of nitrogens with zero attached hydrogens (tertiary/aromatic N) is 4. The first kappa shape index (κ1) is 21.2. The maximum absolute atomic E-state index is 11.3. The Bertz CT molecular complexity index is 1050. The third-order valence-corrected chi connectivity index (χ3v) is 4.06. The van der Waals surface area contributed by atoms with Crippen molar-refractivity contribution in [2.45, 2.75) is 6.42 Å². The highest BCUT2D eigenvalue weighted by Crippen LogP contribution is 2.28. The van der Waals surface area contributed by atoms with Crippen LogP contribution in [0.3, 0.4) is 0 Å². The van der Waals surface area contributed by atoms with E-state index in [1.807, 2.05) is 36.1 Å². The van der Waals surface area contributed by atoms with E-state index in [4.69, 9.17) is 0 Å². The maximum atomic E-state index is 11.3. The summed E-state index contributed by atoms with van der Waals surface area (Å²) in [6, 6.07) is 9.29. The molecule has 0 radical (unpaired) electrons. The average molecular weight is 409 g/mol. The molecule has 3 aromatic rings. The van der Waals surface area contributed by atoms with Gasteiger partial charge in [-0.2, -0.15) is 0 Å². The summed E-state index contributed by atoms with van der Waals surface area (Å²) in [4.78, 5) is 10.9. The van der Waals surface area contributed by atoms with Crippen molar-refractivity contribution in [1.29, 1.82) is 0 Å². The molecule has 3 heterocycles. The van der Waals surface area contributed by atoms with E-state index >= 15 is 0 Å². The molecule has 0 aromatic carbocycles. The smallest absolute Gasteiger partial charge is 0.338 e. The number of hydrogen-bond acceptors (Lipinski definition) is 8. The third kappa shape index (κ3) is 5.97. The van der Waals surface area contributed by atoms with Crippen LogP contribution in [0.25, 0.3) is 5.52 Å². The summed E-state index contributed by atoms with van der Waals surface area (Å²) in [5.41, 5.74) is 1.67. The minimum absolute atomic E-state index is 0.0139. The molecule has 0 aliphatic rings. The van der Waals surface area contributed by atoms with Gasteiger partial charge in [0.15, 0.2) is 12.4 Å². The van der Waals surface area contributed by atoms with Crippen molar-refractivity contribution in [3.05, 3.63) is 64.6 Å². The summed E-state index contributed by atoms with van der Waals surface area (Å²) in [5, 5.41) is 18.6. The van der Waals surface area contributed by atoms with E-state index in [1.165, 1.54) is 4.52 Å². The van der Waals surface area contributed by atoms with Gasteiger partial charge < -0.3 is 9.87 Å². The average Bonchev–Trinajstić information content (AvgIpc) is 3.02. The van der Waals surface area contributed by atoms with Crippen molar-refractivity contribution in [2.75, 3.05) is 19.0 Å². The topological polar surface area (TPSA) is 143 Å². The molecule has 0 spiro atoms. The van der Waals surface area contributed by atoms with Crippen LogP contribution >= 0.6 is 0 Å². The van der Waals surface area contributed by atoms with E-state index < -0.39 is 15.3 Å². The van der Waals surface area contributed by atoms with Crippen LogP contribution in [0, 0.1) is 10.1 Å². The summed E-state index contributed by atoms with van der Waals surface area (Å²) in [6.45, 7) is 0.582. The predicted molar refractivity (Wildman–Crippen MR) is 98.4 cm³/mol. The molecule has 28 heavy (non-hydrogen) atoms. The molecule has 0 bridgehead atoms. The quantitative estimate of drug-likeness (QED) is 0.207. The summed E-state index contributed by atoms with van der Waals surface area (Å²) in [6.07, 6.45) is 6.42. The van der Waals surface area contributed by atoms with E-state index in [2.05, 4.69) is 14.6 Å². The fourth-order valence-electron chi connectivity index (χ4n) is 2.31. The number of nitrogens with one attached hydrogen (secondary N) is 1. The lowest BCUT2D eigenvalue weighted by Gasteiger charge is -2.02. The molecule has 150 valence electrons. The highest BCUT2D eigenvalue weighted by Gasteiger charge is 2.22.